The lowest BCUT2D eigenvalue weighted by Gasteiger charge is -2.23. The molecule has 1 atom stereocenters. The van der Waals surface area contributed by atoms with Crippen molar-refractivity contribution in [2.45, 2.75) is 64.2 Å². The van der Waals surface area contributed by atoms with Gasteiger partial charge in [-0.1, -0.05) is 38.0 Å². The van der Waals surface area contributed by atoms with Gasteiger partial charge >= 0.3 is 0 Å². The average Bonchev–Trinajstić information content (AvgIpc) is 3.16. The predicted octanol–water partition coefficient (Wildman–Crippen LogP) is 5.34. The van der Waals surface area contributed by atoms with Crippen LogP contribution in [0.1, 0.15) is 73.9 Å². The van der Waals surface area contributed by atoms with Crippen LogP contribution in [0.25, 0.3) is 11.8 Å². The Bertz CT molecular complexity index is 1180. The van der Waals surface area contributed by atoms with Gasteiger partial charge in [-0.15, -0.1) is 11.3 Å². The van der Waals surface area contributed by atoms with E-state index in [4.69, 9.17) is 4.99 Å². The van der Waals surface area contributed by atoms with Crippen molar-refractivity contribution in [2.75, 3.05) is 0 Å². The van der Waals surface area contributed by atoms with Gasteiger partial charge < -0.3 is 4.98 Å². The Morgan fingerprint density at radius 3 is 2.91 bits per heavy atom. The first-order valence-electron chi connectivity index (χ1n) is 11.9. The maximum Gasteiger partial charge on any atom is 0.200 e. The fourth-order valence-electron chi connectivity index (χ4n) is 5.18. The van der Waals surface area contributed by atoms with Crippen LogP contribution < -0.4 is 10.6 Å². The van der Waals surface area contributed by atoms with E-state index < -0.39 is 0 Å². The van der Waals surface area contributed by atoms with Gasteiger partial charge in [0.1, 0.15) is 0 Å². The highest BCUT2D eigenvalue weighted by Crippen LogP contribution is 2.55. The summed E-state index contributed by atoms with van der Waals surface area (Å²) in [5.41, 5.74) is 5.12. The molecule has 5 heteroatoms. The summed E-state index contributed by atoms with van der Waals surface area (Å²) in [6, 6.07) is 2.17. The summed E-state index contributed by atoms with van der Waals surface area (Å²) in [7, 11) is 0. The largest absolute Gasteiger partial charge is 0.361 e. The van der Waals surface area contributed by atoms with E-state index in [-0.39, 0.29) is 11.2 Å². The van der Waals surface area contributed by atoms with Crippen LogP contribution >= 0.6 is 11.3 Å². The number of nitrogens with zero attached hydrogens (tertiary/aromatic N) is 2. The first-order valence-corrected chi connectivity index (χ1v) is 12.8. The molecule has 2 aliphatic carbocycles. The monoisotopic (exact) mass is 445 g/mol. The molecule has 1 spiro atoms. The summed E-state index contributed by atoms with van der Waals surface area (Å²) in [4.78, 5) is 26.5. The molecule has 166 valence electrons. The average molecular weight is 446 g/mol. The third-order valence-electron chi connectivity index (χ3n) is 7.12. The standard InChI is InChI=1S/C27H31N3OS/c1-19-8-9-23-22(10-13-29-23)25(30-16-19)20-6-4-2-3-5-7-21(15-27(14-20)11-12-27)26(31)24-17-28-18-32-24/h9-10,13,15-18,20,29H,1-8,11-12,14H2. The Kier molecular flexibility index (Phi) is 6.09. The quantitative estimate of drug-likeness (QED) is 0.648. The zero-order valence-corrected chi connectivity index (χ0v) is 19.4. The van der Waals surface area contributed by atoms with Gasteiger partial charge in [0.2, 0.25) is 0 Å². The van der Waals surface area contributed by atoms with Gasteiger partial charge in [0.25, 0.3) is 0 Å². The molecular formula is C27H31N3OS. The molecule has 0 bridgehead atoms. The molecule has 0 amide bonds. The van der Waals surface area contributed by atoms with Gasteiger partial charge in [-0.05, 0) is 67.6 Å². The van der Waals surface area contributed by atoms with Crippen molar-refractivity contribution in [2.24, 2.45) is 16.3 Å². The number of H-pyrrole nitrogens is 1. The molecule has 1 aliphatic heterocycles. The highest BCUT2D eigenvalue weighted by Gasteiger charge is 2.43. The maximum atomic E-state index is 13.2. The Hall–Kier alpha value is -2.53. The summed E-state index contributed by atoms with van der Waals surface area (Å²) < 4.78 is 0. The number of hydrogen-bond acceptors (Lipinski definition) is 4. The van der Waals surface area contributed by atoms with Gasteiger partial charge in [-0.3, -0.25) is 14.8 Å². The van der Waals surface area contributed by atoms with Gasteiger partial charge in [0, 0.05) is 35.1 Å². The SMILES string of the molecule is C=C1C=NC(C2CCCCCCC(C(=O)c3cncs3)=CC3(CC3)C2)=c2cc[nH]c2=CC1. The van der Waals surface area contributed by atoms with Crippen LogP contribution in [0.5, 0.6) is 0 Å². The van der Waals surface area contributed by atoms with Gasteiger partial charge in [0.15, 0.2) is 5.78 Å². The second-order valence-corrected chi connectivity index (χ2v) is 10.5. The molecule has 0 saturated heterocycles. The van der Waals surface area contributed by atoms with E-state index in [0.717, 1.165) is 53.5 Å². The summed E-state index contributed by atoms with van der Waals surface area (Å²) >= 11 is 1.45. The van der Waals surface area contributed by atoms with Gasteiger partial charge in [-0.2, -0.15) is 0 Å². The number of rotatable bonds is 3. The molecule has 3 aliphatic rings. The lowest BCUT2D eigenvalue weighted by Crippen LogP contribution is -2.29. The third kappa shape index (κ3) is 4.63. The van der Waals surface area contributed by atoms with Crippen molar-refractivity contribution in [1.29, 1.82) is 0 Å². The normalized spacial score (nSPS) is 23.4. The minimum absolute atomic E-state index is 0.132. The van der Waals surface area contributed by atoms with Gasteiger partial charge in [0.05, 0.1) is 16.1 Å². The number of aliphatic imine (C=N–C) groups is 1. The van der Waals surface area contributed by atoms with Crippen LogP contribution in [0.2, 0.25) is 0 Å². The number of carbonyl (C=O) groups is 1. The Balaban J connectivity index is 1.53. The predicted molar refractivity (Wildman–Crippen MR) is 132 cm³/mol. The first kappa shape index (κ1) is 21.3. The van der Waals surface area contributed by atoms with Crippen LogP contribution in [0.3, 0.4) is 0 Å². The molecule has 32 heavy (non-hydrogen) atoms. The smallest absolute Gasteiger partial charge is 0.200 e. The zero-order chi connectivity index (χ0) is 22.0. The Morgan fingerprint density at radius 1 is 1.22 bits per heavy atom. The molecule has 1 saturated carbocycles. The molecule has 0 radical (unpaired) electrons. The van der Waals surface area contributed by atoms with Crippen molar-refractivity contribution in [1.82, 2.24) is 9.97 Å². The van der Waals surface area contributed by atoms with Crippen molar-refractivity contribution in [3.63, 3.8) is 0 Å². The lowest BCUT2D eigenvalue weighted by molar-refractivity contribution is 0.103. The fraction of sp³-hybridized carbons (Fsp3) is 0.444. The van der Waals surface area contributed by atoms with Crippen molar-refractivity contribution >= 4 is 35.1 Å². The van der Waals surface area contributed by atoms with Gasteiger partial charge in [-0.25, -0.2) is 0 Å². The topological polar surface area (TPSA) is 58.1 Å². The highest BCUT2D eigenvalue weighted by atomic mass is 32.1. The molecule has 1 fully saturated rings. The van der Waals surface area contributed by atoms with E-state index in [2.05, 4.69) is 34.8 Å². The molecule has 2 aromatic heterocycles. The fourth-order valence-corrected chi connectivity index (χ4v) is 5.77. The maximum absolute atomic E-state index is 13.2. The molecular weight excluding hydrogens is 414 g/mol. The Labute approximate surface area is 193 Å². The second-order valence-electron chi connectivity index (χ2n) is 9.60. The second kappa shape index (κ2) is 9.14. The number of aromatic amines is 1. The van der Waals surface area contributed by atoms with E-state index in [0.29, 0.717) is 5.92 Å². The van der Waals surface area contributed by atoms with E-state index in [1.807, 2.05) is 12.4 Å². The van der Waals surface area contributed by atoms with Crippen LogP contribution in [0, 0.1) is 11.3 Å². The molecule has 1 N–H and O–H groups in total. The van der Waals surface area contributed by atoms with E-state index in [9.17, 15) is 4.79 Å². The summed E-state index contributed by atoms with van der Waals surface area (Å²) in [6.07, 6.45) is 21.2. The number of thiazole rings is 1. The number of carbonyl (C=O) groups excluding carboxylic acids is 1. The van der Waals surface area contributed by atoms with E-state index >= 15 is 0 Å². The molecule has 1 unspecified atom stereocenters. The molecule has 5 rings (SSSR count). The number of ketones is 1. The number of allylic oxidation sites excluding steroid dienone is 3. The van der Waals surface area contributed by atoms with Crippen molar-refractivity contribution < 1.29 is 4.79 Å². The summed E-state index contributed by atoms with van der Waals surface area (Å²) in [6.45, 7) is 4.16. The number of Topliss-reactive ketones (excluding diaryl/α,β-unsaturated/α-hetero) is 1. The minimum Gasteiger partial charge on any atom is -0.361 e. The van der Waals surface area contributed by atoms with E-state index in [1.54, 1.807) is 11.7 Å². The first-order chi connectivity index (χ1) is 15.6. The number of nitrogens with one attached hydrogen (secondary N) is 1. The van der Waals surface area contributed by atoms with Crippen molar-refractivity contribution in [3.05, 3.63) is 63.2 Å². The summed E-state index contributed by atoms with van der Waals surface area (Å²) in [5.74, 6) is 0.571. The van der Waals surface area contributed by atoms with E-state index in [1.165, 1.54) is 54.4 Å². The molecule has 2 aromatic rings. The number of aromatic nitrogens is 2. The molecule has 0 aromatic carbocycles. The molecule has 3 heterocycles. The molecule has 4 nitrogen and oxygen atoms in total. The Morgan fingerprint density at radius 2 is 2.09 bits per heavy atom. The third-order valence-corrected chi connectivity index (χ3v) is 7.89. The van der Waals surface area contributed by atoms with Crippen LogP contribution in [-0.4, -0.2) is 22.0 Å². The number of hydrogen-bond donors (Lipinski definition) is 1. The summed E-state index contributed by atoms with van der Waals surface area (Å²) in [5, 5.41) is 2.39. The lowest BCUT2D eigenvalue weighted by atomic mass is 9.84. The van der Waals surface area contributed by atoms with Crippen LogP contribution in [-0.2, 0) is 0 Å². The van der Waals surface area contributed by atoms with Crippen LogP contribution in [0.15, 0.2) is 52.8 Å². The zero-order valence-electron chi connectivity index (χ0n) is 18.6. The minimum atomic E-state index is 0.132. The van der Waals surface area contributed by atoms with Crippen LogP contribution in [0.4, 0.5) is 0 Å². The number of fused-ring (bicyclic) bond motifs is 1. The highest BCUT2D eigenvalue weighted by molar-refractivity contribution is 7.11. The van der Waals surface area contributed by atoms with Crippen molar-refractivity contribution in [3.8, 4) is 0 Å².